The fourth-order valence-electron chi connectivity index (χ4n) is 7.97. The standard InChI is InChI=1S/2C11H11N.C7H10N2.4C7H9N.3C6H8N2.C5H7N3/c1-8-3-6-11-10(7-8)5-4-9(2)12-11;1-8-7-9(2)12-11-6-4-3-5-10(8)11;1-5-4-8-7(3)9-6(5)2;1-6-3-4-8-7(2)5-6;1-6-3-4-7(2)8-5-6;1-6-4-3-5-8-7(6)2;1-6-4-3-5-7(2)8-6;1-5-3-8-6(2)4-7-5;1-5-3-7-4-6(2)8-5;1-5-3-7-6(2)8-4-5;1-4-6-3-7-5(2)8-4/h2*3-7H,1-2H3;4H,1-3H3;4*3-5H,1-2H3;3*3-4H,1-2H3;3H,1-2H3. The lowest BCUT2D eigenvalue weighted by atomic mass is 10.1. The van der Waals surface area contributed by atoms with E-state index in [-0.39, 0.29) is 0 Å². The third kappa shape index (κ3) is 35.9. The van der Waals surface area contributed by atoms with E-state index in [9.17, 15) is 0 Å². The summed E-state index contributed by atoms with van der Waals surface area (Å²) in [5, 5.41) is 2.48. The smallest absolute Gasteiger partial charge is 0.129 e. The van der Waals surface area contributed by atoms with Crippen molar-refractivity contribution < 1.29 is 0 Å². The first-order chi connectivity index (χ1) is 46.0. The van der Waals surface area contributed by atoms with Crippen molar-refractivity contribution in [1.82, 2.24) is 84.7 Å². The molecule has 13 aromatic rings. The van der Waals surface area contributed by atoms with Crippen LogP contribution < -0.4 is 0 Å². The van der Waals surface area contributed by atoms with Crippen LogP contribution in [0.15, 0.2) is 184 Å². The molecule has 0 saturated carbocycles. The summed E-state index contributed by atoms with van der Waals surface area (Å²) in [6.45, 7) is 45.5. The zero-order valence-corrected chi connectivity index (χ0v) is 61.4. The molecule has 504 valence electrons. The molecule has 97 heavy (non-hydrogen) atoms. The van der Waals surface area contributed by atoms with Gasteiger partial charge in [0, 0.05) is 118 Å². The molecule has 17 nitrogen and oxygen atoms in total. The van der Waals surface area contributed by atoms with E-state index in [0.717, 1.165) is 114 Å². The molecule has 11 heterocycles. The van der Waals surface area contributed by atoms with E-state index in [1.54, 1.807) is 24.8 Å². The quantitative estimate of drug-likeness (QED) is 0.138. The molecule has 0 atom stereocenters. The minimum Gasteiger partial charge on any atom is -0.262 e. The maximum absolute atomic E-state index is 4.44. The number of aryl methyl sites for hydroxylation is 23. The number of hydrogen-bond acceptors (Lipinski definition) is 17. The van der Waals surface area contributed by atoms with Gasteiger partial charge < -0.3 is 0 Å². The highest BCUT2D eigenvalue weighted by Gasteiger charge is 1.99. The Kier molecular flexibility index (Phi) is 36.5. The van der Waals surface area contributed by atoms with Crippen molar-refractivity contribution in [3.63, 3.8) is 0 Å². The molecule has 0 aliphatic heterocycles. The second-order valence-corrected chi connectivity index (χ2v) is 23.2. The van der Waals surface area contributed by atoms with Crippen molar-refractivity contribution in [2.24, 2.45) is 0 Å². The summed E-state index contributed by atoms with van der Waals surface area (Å²) >= 11 is 0. The van der Waals surface area contributed by atoms with Crippen LogP contribution in [0.5, 0.6) is 0 Å². The van der Waals surface area contributed by atoms with Crippen LogP contribution in [0.1, 0.15) is 131 Å². The SMILES string of the molecule is Cc1cc(C)c2ccccc2n1.Cc1ccc(C)nc1.Cc1ccc2nc(C)ccc2c1.Cc1cccc(C)n1.Cc1cccnc1C.Cc1ccnc(C)c1.Cc1cnc(C)cn1.Cc1cnc(C)nc1.Cc1cncc(C)n1.Cc1ncc(C)c(C)n1.Cc1ncnc(C)n1. The molecule has 0 unspecified atom stereocenters. The van der Waals surface area contributed by atoms with E-state index >= 15 is 0 Å². The number of fused-ring (bicyclic) bond motifs is 2. The van der Waals surface area contributed by atoms with Crippen LogP contribution in [0.3, 0.4) is 0 Å². The van der Waals surface area contributed by atoms with E-state index in [1.165, 1.54) is 44.9 Å². The summed E-state index contributed by atoms with van der Waals surface area (Å²) in [7, 11) is 0. The molecule has 0 aliphatic rings. The van der Waals surface area contributed by atoms with Crippen LogP contribution in [0.2, 0.25) is 0 Å². The van der Waals surface area contributed by atoms with Crippen molar-refractivity contribution in [3.05, 3.63) is 314 Å². The Morgan fingerprint density at radius 1 is 0.227 bits per heavy atom. The van der Waals surface area contributed by atoms with Crippen molar-refractivity contribution >= 4 is 21.8 Å². The molecule has 0 fully saturated rings. The van der Waals surface area contributed by atoms with Crippen molar-refractivity contribution in [2.75, 3.05) is 0 Å². The first-order valence-electron chi connectivity index (χ1n) is 31.9. The number of para-hydroxylation sites is 1. The lowest BCUT2D eigenvalue weighted by Crippen LogP contribution is -1.92. The summed E-state index contributed by atoms with van der Waals surface area (Å²) in [4.78, 5) is 69.0. The minimum absolute atomic E-state index is 0.775. The molecular formula is C80H99N17. The molecule has 0 aliphatic carbocycles. The molecule has 17 heteroatoms. The zero-order chi connectivity index (χ0) is 71.8. The van der Waals surface area contributed by atoms with Crippen LogP contribution in [0.4, 0.5) is 0 Å². The molecule has 0 radical (unpaired) electrons. The zero-order valence-electron chi connectivity index (χ0n) is 61.4. The number of nitrogens with zero attached hydrogens (tertiary/aromatic N) is 17. The van der Waals surface area contributed by atoms with E-state index < -0.39 is 0 Å². The summed E-state index contributed by atoms with van der Waals surface area (Å²) in [6, 6.07) is 38.9. The van der Waals surface area contributed by atoms with Crippen LogP contribution in [0, 0.1) is 159 Å². The Labute approximate surface area is 577 Å². The normalized spacial score (nSPS) is 9.60. The van der Waals surface area contributed by atoms with Gasteiger partial charge in [-0.1, -0.05) is 54.1 Å². The topological polar surface area (TPSA) is 219 Å². The number of aromatic nitrogens is 17. The molecule has 11 aromatic heterocycles. The largest absolute Gasteiger partial charge is 0.262 e. The number of benzene rings is 2. The Balaban J connectivity index is 0.000000279. The Hall–Kier alpha value is -10.8. The van der Waals surface area contributed by atoms with Gasteiger partial charge in [-0.25, -0.2) is 34.9 Å². The third-order valence-electron chi connectivity index (χ3n) is 13.3. The lowest BCUT2D eigenvalue weighted by Gasteiger charge is -2.01. The lowest BCUT2D eigenvalue weighted by molar-refractivity contribution is 0.920. The van der Waals surface area contributed by atoms with Crippen molar-refractivity contribution in [2.45, 2.75) is 159 Å². The van der Waals surface area contributed by atoms with Gasteiger partial charge in [0.1, 0.15) is 29.6 Å². The molecular weight excluding hydrogens is 1200 g/mol. The van der Waals surface area contributed by atoms with E-state index in [2.05, 4.69) is 173 Å². The highest BCUT2D eigenvalue weighted by Crippen LogP contribution is 2.17. The van der Waals surface area contributed by atoms with Gasteiger partial charge in [-0.05, 0) is 259 Å². The van der Waals surface area contributed by atoms with Gasteiger partial charge in [-0.15, -0.1) is 0 Å². The van der Waals surface area contributed by atoms with E-state index in [1.807, 2.05) is 223 Å². The number of rotatable bonds is 0. The summed E-state index contributed by atoms with van der Waals surface area (Å²) in [5.41, 5.74) is 23.4. The average molecular weight is 1300 g/mol. The van der Waals surface area contributed by atoms with Gasteiger partial charge in [0.2, 0.25) is 0 Å². The Bertz CT molecular complexity index is 3920. The molecule has 2 aromatic carbocycles. The van der Waals surface area contributed by atoms with Gasteiger partial charge in [-0.2, -0.15) is 0 Å². The Morgan fingerprint density at radius 3 is 1.22 bits per heavy atom. The maximum Gasteiger partial charge on any atom is 0.129 e. The van der Waals surface area contributed by atoms with E-state index in [4.69, 9.17) is 0 Å². The molecule has 0 spiro atoms. The van der Waals surface area contributed by atoms with Crippen LogP contribution in [-0.4, -0.2) is 84.7 Å². The van der Waals surface area contributed by atoms with Crippen LogP contribution >= 0.6 is 0 Å². The van der Waals surface area contributed by atoms with Gasteiger partial charge in [-0.3, -0.25) is 49.8 Å². The predicted octanol–water partition coefficient (Wildman–Crippen LogP) is 17.7. The van der Waals surface area contributed by atoms with Crippen molar-refractivity contribution in [1.29, 1.82) is 0 Å². The molecule has 0 saturated heterocycles. The van der Waals surface area contributed by atoms with Gasteiger partial charge in [0.25, 0.3) is 0 Å². The highest BCUT2D eigenvalue weighted by molar-refractivity contribution is 5.82. The molecule has 0 N–H and O–H groups in total. The first-order valence-corrected chi connectivity index (χ1v) is 31.9. The van der Waals surface area contributed by atoms with E-state index in [0.29, 0.717) is 0 Å². The highest BCUT2D eigenvalue weighted by atomic mass is 15.0. The van der Waals surface area contributed by atoms with Crippen LogP contribution in [-0.2, 0) is 0 Å². The molecule has 0 amide bonds. The number of hydrogen-bond donors (Lipinski definition) is 0. The van der Waals surface area contributed by atoms with Gasteiger partial charge in [0.05, 0.1) is 33.8 Å². The van der Waals surface area contributed by atoms with Gasteiger partial charge in [0.15, 0.2) is 0 Å². The molecule has 13 rings (SSSR count). The first kappa shape index (κ1) is 80.4. The Morgan fingerprint density at radius 2 is 0.763 bits per heavy atom. The fourth-order valence-corrected chi connectivity index (χ4v) is 7.97. The average Bonchev–Trinajstić information content (AvgIpc) is 0.884. The van der Waals surface area contributed by atoms with Gasteiger partial charge >= 0.3 is 0 Å². The second kappa shape index (κ2) is 44.0. The number of pyridine rings is 6. The van der Waals surface area contributed by atoms with Crippen LogP contribution in [0.25, 0.3) is 21.8 Å². The maximum atomic E-state index is 4.44. The fraction of sp³-hybridized carbons (Fsp3) is 0.287. The second-order valence-electron chi connectivity index (χ2n) is 23.2. The van der Waals surface area contributed by atoms with Crippen molar-refractivity contribution in [3.8, 4) is 0 Å². The summed E-state index contributed by atoms with van der Waals surface area (Å²) in [5.74, 6) is 3.23. The molecule has 0 bridgehead atoms. The minimum atomic E-state index is 0.775. The monoisotopic (exact) mass is 1300 g/mol. The summed E-state index contributed by atoms with van der Waals surface area (Å²) in [6.07, 6.45) is 19.5. The predicted molar refractivity (Wildman–Crippen MR) is 397 cm³/mol. The summed E-state index contributed by atoms with van der Waals surface area (Å²) < 4.78 is 0. The third-order valence-corrected chi connectivity index (χ3v) is 13.3.